The number of fused-ring (bicyclic) bond motifs is 2. The van der Waals surface area contributed by atoms with Crippen LogP contribution in [0.2, 0.25) is 0 Å². The van der Waals surface area contributed by atoms with Crippen molar-refractivity contribution in [2.45, 2.75) is 70.4 Å². The standard InChI is InChI=1S/C27H38N4O3/c1-19(2)21-5-7-23(8-6-21)30-12-10-27(11-13-30)24-9-4-20(17-28)16-22(24)18-31(25(27)32)14-15-34-26(33)29-3/h4,9,16,19,21,23H,5-8,10-15,18H2,1-3H3,(H,29,33). The first-order valence-electron chi connectivity index (χ1n) is 12.8. The van der Waals surface area contributed by atoms with Gasteiger partial charge in [0.05, 0.1) is 23.6 Å². The molecule has 0 unspecified atom stereocenters. The average molecular weight is 467 g/mol. The lowest BCUT2D eigenvalue weighted by atomic mass is 9.67. The van der Waals surface area contributed by atoms with Gasteiger partial charge in [-0.05, 0) is 86.7 Å². The molecule has 0 atom stereocenters. The molecular weight excluding hydrogens is 428 g/mol. The number of benzene rings is 1. The molecule has 2 fully saturated rings. The zero-order valence-corrected chi connectivity index (χ0v) is 20.8. The van der Waals surface area contributed by atoms with Crippen LogP contribution in [0, 0.1) is 23.2 Å². The Morgan fingerprint density at radius 3 is 2.56 bits per heavy atom. The first-order chi connectivity index (χ1) is 16.4. The van der Waals surface area contributed by atoms with Gasteiger partial charge < -0.3 is 19.9 Å². The first kappa shape index (κ1) is 24.5. The largest absolute Gasteiger partial charge is 0.448 e. The second-order valence-corrected chi connectivity index (χ2v) is 10.5. The maximum atomic E-state index is 13.9. The highest BCUT2D eigenvalue weighted by Crippen LogP contribution is 2.44. The van der Waals surface area contributed by atoms with Crippen LogP contribution < -0.4 is 5.32 Å². The van der Waals surface area contributed by atoms with Gasteiger partial charge in [-0.2, -0.15) is 5.26 Å². The van der Waals surface area contributed by atoms with E-state index in [1.807, 2.05) is 23.1 Å². The lowest BCUT2D eigenvalue weighted by Crippen LogP contribution is -2.57. The number of nitrogens with one attached hydrogen (secondary N) is 1. The number of nitriles is 1. The summed E-state index contributed by atoms with van der Waals surface area (Å²) < 4.78 is 5.17. The number of piperidine rings is 1. The minimum absolute atomic E-state index is 0.133. The summed E-state index contributed by atoms with van der Waals surface area (Å²) in [5.74, 6) is 1.74. The molecule has 3 aliphatic rings. The van der Waals surface area contributed by atoms with Crippen LogP contribution in [-0.4, -0.2) is 61.1 Å². The highest BCUT2D eigenvalue weighted by atomic mass is 16.5. The monoisotopic (exact) mass is 466 g/mol. The molecule has 0 aromatic heterocycles. The van der Waals surface area contributed by atoms with Crippen molar-refractivity contribution in [2.24, 2.45) is 11.8 Å². The first-order valence-corrected chi connectivity index (χ1v) is 12.8. The van der Waals surface area contributed by atoms with Gasteiger partial charge in [-0.25, -0.2) is 4.79 Å². The van der Waals surface area contributed by atoms with Gasteiger partial charge >= 0.3 is 6.09 Å². The molecular formula is C27H38N4O3. The summed E-state index contributed by atoms with van der Waals surface area (Å²) in [7, 11) is 1.52. The van der Waals surface area contributed by atoms with Gasteiger partial charge in [-0.15, -0.1) is 0 Å². The number of alkyl carbamates (subject to hydrolysis) is 1. The molecule has 1 aliphatic carbocycles. The molecule has 0 bridgehead atoms. The number of likely N-dealkylation sites (tertiary alicyclic amines) is 1. The number of nitrogens with zero attached hydrogens (tertiary/aromatic N) is 3. The van der Waals surface area contributed by atoms with Crippen molar-refractivity contribution in [1.29, 1.82) is 5.26 Å². The highest BCUT2D eigenvalue weighted by Gasteiger charge is 2.49. The van der Waals surface area contributed by atoms with E-state index in [0.717, 1.165) is 48.9 Å². The molecule has 34 heavy (non-hydrogen) atoms. The number of carbonyl (C=O) groups is 2. The van der Waals surface area contributed by atoms with Crippen LogP contribution in [0.1, 0.15) is 69.1 Å². The van der Waals surface area contributed by atoms with Gasteiger partial charge in [0.25, 0.3) is 0 Å². The molecule has 4 rings (SSSR count). The third-order valence-electron chi connectivity index (χ3n) is 8.46. The molecule has 1 spiro atoms. The van der Waals surface area contributed by atoms with Gasteiger partial charge in [-0.3, -0.25) is 4.79 Å². The highest BCUT2D eigenvalue weighted by molar-refractivity contribution is 5.90. The van der Waals surface area contributed by atoms with Crippen molar-refractivity contribution >= 4 is 12.0 Å². The fraction of sp³-hybridized carbons (Fsp3) is 0.667. The van der Waals surface area contributed by atoms with Crippen LogP contribution in [-0.2, 0) is 21.5 Å². The van der Waals surface area contributed by atoms with Crippen molar-refractivity contribution < 1.29 is 14.3 Å². The van der Waals surface area contributed by atoms with Gasteiger partial charge in [0.2, 0.25) is 5.91 Å². The Balaban J connectivity index is 1.50. The molecule has 1 saturated heterocycles. The van der Waals surface area contributed by atoms with E-state index < -0.39 is 11.5 Å². The Morgan fingerprint density at radius 2 is 1.94 bits per heavy atom. The summed E-state index contributed by atoms with van der Waals surface area (Å²) in [5.41, 5.74) is 2.19. The van der Waals surface area contributed by atoms with Crippen molar-refractivity contribution in [3.63, 3.8) is 0 Å². The lowest BCUT2D eigenvalue weighted by Gasteiger charge is -2.49. The minimum Gasteiger partial charge on any atom is -0.448 e. The summed E-state index contributed by atoms with van der Waals surface area (Å²) in [5, 5.41) is 11.9. The Morgan fingerprint density at radius 1 is 1.24 bits per heavy atom. The molecule has 1 saturated carbocycles. The average Bonchev–Trinajstić information content (AvgIpc) is 2.87. The van der Waals surface area contributed by atoms with Crippen molar-refractivity contribution in [1.82, 2.24) is 15.1 Å². The molecule has 2 heterocycles. The zero-order valence-electron chi connectivity index (χ0n) is 20.8. The number of ether oxygens (including phenoxy) is 1. The fourth-order valence-electron chi connectivity index (χ4n) is 6.35. The summed E-state index contributed by atoms with van der Waals surface area (Å²) in [6, 6.07) is 8.64. The van der Waals surface area contributed by atoms with Crippen LogP contribution in [0.5, 0.6) is 0 Å². The molecule has 1 aromatic carbocycles. The third-order valence-corrected chi connectivity index (χ3v) is 8.46. The van der Waals surface area contributed by atoms with E-state index in [9.17, 15) is 14.9 Å². The molecule has 7 heteroatoms. The topological polar surface area (TPSA) is 85.7 Å². The van der Waals surface area contributed by atoms with E-state index in [4.69, 9.17) is 4.74 Å². The second kappa shape index (κ2) is 10.4. The number of carbonyl (C=O) groups excluding carboxylic acids is 2. The second-order valence-electron chi connectivity index (χ2n) is 10.5. The van der Waals surface area contributed by atoms with Crippen LogP contribution in [0.4, 0.5) is 4.79 Å². The van der Waals surface area contributed by atoms with E-state index in [2.05, 4.69) is 30.1 Å². The van der Waals surface area contributed by atoms with E-state index in [1.165, 1.54) is 32.7 Å². The molecule has 1 N–H and O–H groups in total. The third kappa shape index (κ3) is 4.79. The maximum Gasteiger partial charge on any atom is 0.406 e. The Hall–Kier alpha value is -2.59. The quantitative estimate of drug-likeness (QED) is 0.713. The molecule has 2 aliphatic heterocycles. The summed E-state index contributed by atoms with van der Waals surface area (Å²) in [6.07, 6.45) is 6.23. The minimum atomic E-state index is -0.555. The summed E-state index contributed by atoms with van der Waals surface area (Å²) in [4.78, 5) is 29.8. The number of amides is 2. The van der Waals surface area contributed by atoms with Crippen LogP contribution in [0.25, 0.3) is 0 Å². The van der Waals surface area contributed by atoms with Gasteiger partial charge in [0.15, 0.2) is 0 Å². The van der Waals surface area contributed by atoms with Crippen molar-refractivity contribution in [3.8, 4) is 6.07 Å². The SMILES string of the molecule is CNC(=O)OCCN1Cc2cc(C#N)ccc2C2(CCN(C3CCC(C(C)C)CC3)CC2)C1=O. The predicted octanol–water partition coefficient (Wildman–Crippen LogP) is 3.80. The normalized spacial score (nSPS) is 24.6. The number of hydrogen-bond acceptors (Lipinski definition) is 5. The van der Waals surface area contributed by atoms with Gasteiger partial charge in [0, 0.05) is 19.6 Å². The van der Waals surface area contributed by atoms with Gasteiger partial charge in [-0.1, -0.05) is 19.9 Å². The van der Waals surface area contributed by atoms with Crippen LogP contribution in [0.3, 0.4) is 0 Å². The van der Waals surface area contributed by atoms with E-state index in [0.29, 0.717) is 24.7 Å². The van der Waals surface area contributed by atoms with E-state index in [-0.39, 0.29) is 12.5 Å². The van der Waals surface area contributed by atoms with E-state index in [1.54, 1.807) is 0 Å². The number of rotatable bonds is 5. The molecule has 184 valence electrons. The molecule has 2 amide bonds. The smallest absolute Gasteiger partial charge is 0.406 e. The molecule has 0 radical (unpaired) electrons. The fourth-order valence-corrected chi connectivity index (χ4v) is 6.35. The Labute approximate surface area is 203 Å². The zero-order chi connectivity index (χ0) is 24.3. The van der Waals surface area contributed by atoms with Crippen molar-refractivity contribution in [2.75, 3.05) is 33.3 Å². The van der Waals surface area contributed by atoms with Crippen molar-refractivity contribution in [3.05, 3.63) is 34.9 Å². The van der Waals surface area contributed by atoms with E-state index >= 15 is 0 Å². The number of hydrogen-bond donors (Lipinski definition) is 1. The lowest BCUT2D eigenvalue weighted by molar-refractivity contribution is -0.142. The van der Waals surface area contributed by atoms with Crippen LogP contribution >= 0.6 is 0 Å². The van der Waals surface area contributed by atoms with Crippen LogP contribution in [0.15, 0.2) is 18.2 Å². The Kier molecular flexibility index (Phi) is 7.47. The molecule has 1 aromatic rings. The maximum absolute atomic E-state index is 13.9. The molecule has 7 nitrogen and oxygen atoms in total. The summed E-state index contributed by atoms with van der Waals surface area (Å²) in [6.45, 7) is 7.48. The summed E-state index contributed by atoms with van der Waals surface area (Å²) >= 11 is 0. The predicted molar refractivity (Wildman–Crippen MR) is 130 cm³/mol. The Bertz CT molecular complexity index is 938. The van der Waals surface area contributed by atoms with Gasteiger partial charge in [0.1, 0.15) is 6.61 Å².